The van der Waals surface area contributed by atoms with Crippen LogP contribution in [0.5, 0.6) is 0 Å². The third-order valence-electron chi connectivity index (χ3n) is 9.51. The summed E-state index contributed by atoms with van der Waals surface area (Å²) >= 11 is 0. The van der Waals surface area contributed by atoms with Gasteiger partial charge in [-0.1, -0.05) is 62.8 Å². The Kier molecular flexibility index (Phi) is 9.95. The second kappa shape index (κ2) is 13.6. The van der Waals surface area contributed by atoms with Crippen molar-refractivity contribution >= 4 is 35.0 Å². The fourth-order valence-electron chi connectivity index (χ4n) is 7.63. The summed E-state index contributed by atoms with van der Waals surface area (Å²) in [4.78, 5) is 61.8. The number of hydrogen-bond donors (Lipinski definition) is 2. The largest absolute Gasteiger partial charge is 0.350 e. The number of hydrogen-bond acceptors (Lipinski definition) is 4. The lowest BCUT2D eigenvalue weighted by Gasteiger charge is -2.44. The van der Waals surface area contributed by atoms with Gasteiger partial charge in [-0.3, -0.25) is 29.0 Å². The van der Waals surface area contributed by atoms with Crippen molar-refractivity contribution in [2.24, 2.45) is 11.8 Å². The van der Waals surface area contributed by atoms with Crippen LogP contribution in [0, 0.1) is 11.8 Å². The van der Waals surface area contributed by atoms with Crippen LogP contribution in [0.1, 0.15) is 126 Å². The van der Waals surface area contributed by atoms with Gasteiger partial charge in [0.15, 0.2) is 0 Å². The molecule has 8 heteroatoms. The van der Waals surface area contributed by atoms with Crippen LogP contribution in [0.4, 0.5) is 11.4 Å². The van der Waals surface area contributed by atoms with Crippen molar-refractivity contribution in [3.05, 3.63) is 59.7 Å². The van der Waals surface area contributed by atoms with Crippen LogP contribution in [-0.4, -0.2) is 46.8 Å². The summed E-state index contributed by atoms with van der Waals surface area (Å²) in [6.45, 7) is 11.6. The predicted molar refractivity (Wildman–Crippen MR) is 183 cm³/mol. The zero-order valence-electron chi connectivity index (χ0n) is 28.5. The van der Waals surface area contributed by atoms with E-state index in [2.05, 4.69) is 10.6 Å². The monoisotopic (exact) mass is 628 g/mol. The van der Waals surface area contributed by atoms with Crippen LogP contribution in [0.2, 0.25) is 0 Å². The van der Waals surface area contributed by atoms with E-state index in [1.807, 2.05) is 53.7 Å². The molecule has 1 heterocycles. The summed E-state index contributed by atoms with van der Waals surface area (Å²) in [5, 5.41) is 6.32. The minimum Gasteiger partial charge on any atom is -0.350 e. The molecule has 2 fully saturated rings. The zero-order valence-corrected chi connectivity index (χ0v) is 28.5. The molecule has 8 nitrogen and oxygen atoms in total. The molecule has 46 heavy (non-hydrogen) atoms. The summed E-state index contributed by atoms with van der Waals surface area (Å²) < 4.78 is 0. The first-order valence-corrected chi connectivity index (χ1v) is 17.3. The number of carbonyl (C=O) groups is 4. The molecule has 4 amide bonds. The average molecular weight is 629 g/mol. The molecule has 0 saturated heterocycles. The highest BCUT2D eigenvalue weighted by Crippen LogP contribution is 2.41. The van der Waals surface area contributed by atoms with Crippen molar-refractivity contribution in [2.75, 3.05) is 9.80 Å². The smallest absolute Gasteiger partial charge is 0.261 e. The second-order valence-electron chi connectivity index (χ2n) is 15.5. The van der Waals surface area contributed by atoms with E-state index in [1.165, 1.54) is 0 Å². The SMILES string of the molecule is CC(C)(C)NC(=O)C(C1CCCCC1)N1C(=O)c2ccccc2N(C(C(=O)NC(C)(C)C)C2CCCCC2)C(=O)c2ccccc21. The predicted octanol–water partition coefficient (Wildman–Crippen LogP) is 7.02. The molecule has 2 aromatic carbocycles. The van der Waals surface area contributed by atoms with Gasteiger partial charge in [0.25, 0.3) is 11.8 Å². The fourth-order valence-corrected chi connectivity index (χ4v) is 7.63. The molecule has 5 rings (SSSR count). The van der Waals surface area contributed by atoms with Crippen molar-refractivity contribution < 1.29 is 19.2 Å². The average Bonchev–Trinajstić information content (AvgIpc) is 3.00. The van der Waals surface area contributed by atoms with Crippen molar-refractivity contribution in [3.63, 3.8) is 0 Å². The molecule has 248 valence electrons. The van der Waals surface area contributed by atoms with Crippen LogP contribution in [-0.2, 0) is 9.59 Å². The summed E-state index contributed by atoms with van der Waals surface area (Å²) in [6, 6.07) is 12.7. The van der Waals surface area contributed by atoms with E-state index < -0.39 is 23.2 Å². The number of para-hydroxylation sites is 2. The van der Waals surface area contributed by atoms with Crippen molar-refractivity contribution in [3.8, 4) is 0 Å². The number of carbonyl (C=O) groups excluding carboxylic acids is 4. The Labute approximate surface area is 274 Å². The number of rotatable bonds is 6. The third-order valence-corrected chi connectivity index (χ3v) is 9.51. The molecule has 0 radical (unpaired) electrons. The van der Waals surface area contributed by atoms with Gasteiger partial charge in [0.2, 0.25) is 11.8 Å². The van der Waals surface area contributed by atoms with Crippen LogP contribution < -0.4 is 20.4 Å². The molecular weight excluding hydrogens is 576 g/mol. The van der Waals surface area contributed by atoms with Gasteiger partial charge < -0.3 is 10.6 Å². The molecule has 2 unspecified atom stereocenters. The van der Waals surface area contributed by atoms with Crippen molar-refractivity contribution in [1.82, 2.24) is 10.6 Å². The Hall–Kier alpha value is -3.68. The lowest BCUT2D eigenvalue weighted by Crippen LogP contribution is -2.60. The molecule has 2 N–H and O–H groups in total. The standard InChI is InChI=1S/C38H52N4O4/c1-37(2,3)39-33(43)31(25-17-9-7-10-18-25)41-29-23-15-13-21-27(29)36(46)42(30-24-16-14-22-28(30)35(41)45)32(26-19-11-8-12-20-26)34(44)40-38(4,5)6/h13-16,21-26,31-32H,7-12,17-20H2,1-6H3,(H,39,43)(H,40,44). The molecule has 3 aliphatic rings. The first-order valence-electron chi connectivity index (χ1n) is 17.3. The topological polar surface area (TPSA) is 98.8 Å². The second-order valence-corrected chi connectivity index (χ2v) is 15.5. The van der Waals surface area contributed by atoms with E-state index in [0.717, 1.165) is 64.2 Å². The van der Waals surface area contributed by atoms with E-state index in [0.29, 0.717) is 22.5 Å². The van der Waals surface area contributed by atoms with Crippen LogP contribution in [0.25, 0.3) is 0 Å². The van der Waals surface area contributed by atoms with E-state index >= 15 is 9.59 Å². The van der Waals surface area contributed by atoms with Gasteiger partial charge in [0, 0.05) is 11.1 Å². The van der Waals surface area contributed by atoms with Gasteiger partial charge in [0.1, 0.15) is 12.1 Å². The number of fused-ring (bicyclic) bond motifs is 2. The van der Waals surface area contributed by atoms with Gasteiger partial charge in [-0.2, -0.15) is 0 Å². The fraction of sp³-hybridized carbons (Fsp3) is 0.579. The lowest BCUT2D eigenvalue weighted by atomic mass is 9.80. The molecule has 0 spiro atoms. The minimum atomic E-state index is -0.793. The molecule has 0 aromatic heterocycles. The number of nitrogens with zero attached hydrogens (tertiary/aromatic N) is 2. The lowest BCUT2D eigenvalue weighted by molar-refractivity contribution is -0.126. The molecule has 2 saturated carbocycles. The number of nitrogens with one attached hydrogen (secondary N) is 2. The van der Waals surface area contributed by atoms with Crippen molar-refractivity contribution in [1.29, 1.82) is 0 Å². The Balaban J connectivity index is 1.71. The van der Waals surface area contributed by atoms with E-state index in [4.69, 9.17) is 0 Å². The summed E-state index contributed by atoms with van der Waals surface area (Å²) in [6.07, 6.45) is 9.46. The Morgan fingerprint density at radius 2 is 0.913 bits per heavy atom. The van der Waals surface area contributed by atoms with Gasteiger partial charge in [0.05, 0.1) is 22.5 Å². The zero-order chi connectivity index (χ0) is 33.2. The van der Waals surface area contributed by atoms with Crippen LogP contribution in [0.3, 0.4) is 0 Å². The third kappa shape index (κ3) is 7.31. The summed E-state index contributed by atoms with van der Waals surface area (Å²) in [7, 11) is 0. The molecule has 1 aliphatic heterocycles. The van der Waals surface area contributed by atoms with E-state index in [1.54, 1.807) is 46.2 Å². The highest BCUT2D eigenvalue weighted by Gasteiger charge is 2.46. The van der Waals surface area contributed by atoms with E-state index in [-0.39, 0.29) is 35.5 Å². The minimum absolute atomic E-state index is 0.0570. The van der Waals surface area contributed by atoms with Gasteiger partial charge >= 0.3 is 0 Å². The molecular formula is C38H52N4O4. The maximum atomic E-state index is 15.1. The van der Waals surface area contributed by atoms with Gasteiger partial charge in [-0.25, -0.2) is 0 Å². The first kappa shape index (κ1) is 33.7. The Bertz CT molecular complexity index is 1330. The highest BCUT2D eigenvalue weighted by atomic mass is 16.2. The maximum Gasteiger partial charge on any atom is 0.261 e. The molecule has 0 bridgehead atoms. The number of amides is 4. The number of anilines is 2. The Morgan fingerprint density at radius 3 is 1.24 bits per heavy atom. The van der Waals surface area contributed by atoms with E-state index in [9.17, 15) is 9.59 Å². The molecule has 2 atom stereocenters. The first-order chi connectivity index (χ1) is 21.8. The van der Waals surface area contributed by atoms with Crippen molar-refractivity contribution in [2.45, 2.75) is 129 Å². The summed E-state index contributed by atoms with van der Waals surface area (Å²) in [5.74, 6) is -1.21. The van der Waals surface area contributed by atoms with Crippen LogP contribution in [0.15, 0.2) is 48.5 Å². The van der Waals surface area contributed by atoms with Gasteiger partial charge in [-0.15, -0.1) is 0 Å². The quantitative estimate of drug-likeness (QED) is 0.359. The Morgan fingerprint density at radius 1 is 0.587 bits per heavy atom. The highest BCUT2D eigenvalue weighted by molar-refractivity contribution is 6.23. The van der Waals surface area contributed by atoms with Gasteiger partial charge in [-0.05, 0) is 103 Å². The normalized spacial score (nSPS) is 19.8. The maximum absolute atomic E-state index is 15.1. The van der Waals surface area contributed by atoms with Crippen LogP contribution >= 0.6 is 0 Å². The number of benzene rings is 2. The molecule has 2 aliphatic carbocycles. The molecule has 2 aromatic rings. The summed E-state index contributed by atoms with van der Waals surface area (Å²) in [5.41, 5.74) is 0.449.